The molecule has 1 fully saturated rings. The molecule has 1 aliphatic heterocycles. The summed E-state index contributed by atoms with van der Waals surface area (Å²) in [7, 11) is 0. The Hall–Kier alpha value is -1.49. The van der Waals surface area contributed by atoms with E-state index in [0.29, 0.717) is 31.7 Å². The number of amides is 2. The lowest BCUT2D eigenvalue weighted by Crippen LogP contribution is -2.42. The van der Waals surface area contributed by atoms with Crippen molar-refractivity contribution in [2.75, 3.05) is 24.3 Å². The summed E-state index contributed by atoms with van der Waals surface area (Å²) in [6.07, 6.45) is 3.14. The second-order valence-corrected chi connectivity index (χ2v) is 4.63. The number of halogens is 1. The van der Waals surface area contributed by atoms with Crippen molar-refractivity contribution in [3.63, 3.8) is 0 Å². The maximum absolute atomic E-state index is 12.0. The number of nitrogens with zero attached hydrogens (tertiary/aromatic N) is 1. The molecule has 2 N–H and O–H groups in total. The van der Waals surface area contributed by atoms with E-state index in [4.69, 9.17) is 11.6 Å². The molecule has 98 valence electrons. The number of carbonyl (C=O) groups is 2. The summed E-state index contributed by atoms with van der Waals surface area (Å²) in [5.41, 5.74) is 0. The van der Waals surface area contributed by atoms with Crippen LogP contribution in [-0.2, 0) is 9.59 Å². The molecule has 0 aliphatic carbocycles. The maximum atomic E-state index is 12.0. The van der Waals surface area contributed by atoms with Crippen LogP contribution in [0.25, 0.3) is 0 Å². The summed E-state index contributed by atoms with van der Waals surface area (Å²) in [6, 6.07) is 3.64. The maximum Gasteiger partial charge on any atom is 0.237 e. The molecule has 0 aromatic carbocycles. The van der Waals surface area contributed by atoms with E-state index in [0.717, 1.165) is 0 Å². The minimum atomic E-state index is -0.0557. The molecule has 6 heteroatoms. The van der Waals surface area contributed by atoms with Crippen LogP contribution in [0.4, 0.5) is 5.82 Å². The van der Waals surface area contributed by atoms with Crippen LogP contribution in [0, 0.1) is 5.92 Å². The highest BCUT2D eigenvalue weighted by molar-refractivity contribution is 6.27. The van der Waals surface area contributed by atoms with Gasteiger partial charge in [0.2, 0.25) is 11.8 Å². The van der Waals surface area contributed by atoms with E-state index in [1.54, 1.807) is 11.1 Å². The highest BCUT2D eigenvalue weighted by Gasteiger charge is 2.26. The van der Waals surface area contributed by atoms with Crippen molar-refractivity contribution in [1.82, 2.24) is 9.88 Å². The van der Waals surface area contributed by atoms with Crippen LogP contribution < -0.4 is 5.32 Å². The molecule has 5 nitrogen and oxygen atoms in total. The number of rotatable bonds is 3. The molecule has 0 atom stereocenters. The van der Waals surface area contributed by atoms with Crippen LogP contribution in [0.3, 0.4) is 0 Å². The van der Waals surface area contributed by atoms with Gasteiger partial charge in [-0.2, -0.15) is 0 Å². The molecule has 1 aromatic heterocycles. The molecule has 0 saturated carbocycles. The van der Waals surface area contributed by atoms with Crippen LogP contribution >= 0.6 is 11.6 Å². The fourth-order valence-electron chi connectivity index (χ4n) is 2.12. The molecule has 0 bridgehead atoms. The van der Waals surface area contributed by atoms with E-state index >= 15 is 0 Å². The third-order valence-electron chi connectivity index (χ3n) is 3.19. The minimum Gasteiger partial charge on any atom is -0.348 e. The zero-order valence-corrected chi connectivity index (χ0v) is 10.7. The highest BCUT2D eigenvalue weighted by Crippen LogP contribution is 2.19. The Morgan fingerprint density at radius 3 is 2.72 bits per heavy atom. The summed E-state index contributed by atoms with van der Waals surface area (Å²) in [6.45, 7) is 1.21. The van der Waals surface area contributed by atoms with Crippen LogP contribution in [0.5, 0.6) is 0 Å². The first-order valence-corrected chi connectivity index (χ1v) is 6.52. The van der Waals surface area contributed by atoms with E-state index in [-0.39, 0.29) is 23.6 Å². The number of aromatic nitrogens is 1. The normalized spacial score (nSPS) is 16.6. The SMILES string of the molecule is O=C(Nc1ccc[nH]1)C1CCN(C(=O)CCl)CC1. The van der Waals surface area contributed by atoms with Gasteiger partial charge >= 0.3 is 0 Å². The smallest absolute Gasteiger partial charge is 0.237 e. The number of anilines is 1. The predicted octanol–water partition coefficient (Wildman–Crippen LogP) is 1.43. The average Bonchev–Trinajstić information content (AvgIpc) is 2.91. The summed E-state index contributed by atoms with van der Waals surface area (Å²) in [5.74, 6) is 0.640. The largest absolute Gasteiger partial charge is 0.348 e. The second kappa shape index (κ2) is 5.91. The standard InChI is InChI=1S/C12H16ClN3O2/c13-8-11(17)16-6-3-9(4-7-16)12(18)15-10-2-1-5-14-10/h1-2,5,9,14H,3-4,6-8H2,(H,15,18). The van der Waals surface area contributed by atoms with Gasteiger partial charge in [0.05, 0.1) is 0 Å². The van der Waals surface area contributed by atoms with Crippen LogP contribution in [0.15, 0.2) is 18.3 Å². The molecule has 2 heterocycles. The first kappa shape index (κ1) is 13.0. The number of H-pyrrole nitrogens is 1. The number of hydrogen-bond acceptors (Lipinski definition) is 2. The van der Waals surface area contributed by atoms with Crippen molar-refractivity contribution < 1.29 is 9.59 Å². The molecular formula is C12H16ClN3O2. The van der Waals surface area contributed by atoms with Crippen molar-refractivity contribution in [2.45, 2.75) is 12.8 Å². The predicted molar refractivity (Wildman–Crippen MR) is 69.4 cm³/mol. The Balaban J connectivity index is 1.82. The van der Waals surface area contributed by atoms with Crippen molar-refractivity contribution in [3.05, 3.63) is 18.3 Å². The van der Waals surface area contributed by atoms with Crippen molar-refractivity contribution in [2.24, 2.45) is 5.92 Å². The van der Waals surface area contributed by atoms with Gasteiger partial charge in [-0.05, 0) is 25.0 Å². The number of likely N-dealkylation sites (tertiary alicyclic amines) is 1. The third kappa shape index (κ3) is 3.04. The molecule has 1 saturated heterocycles. The first-order chi connectivity index (χ1) is 8.70. The van der Waals surface area contributed by atoms with Gasteiger partial charge in [-0.25, -0.2) is 0 Å². The highest BCUT2D eigenvalue weighted by atomic mass is 35.5. The Morgan fingerprint density at radius 2 is 2.17 bits per heavy atom. The molecular weight excluding hydrogens is 254 g/mol. The molecule has 0 radical (unpaired) electrons. The van der Waals surface area contributed by atoms with E-state index in [2.05, 4.69) is 10.3 Å². The molecule has 0 spiro atoms. The van der Waals surface area contributed by atoms with Crippen LogP contribution in [0.2, 0.25) is 0 Å². The first-order valence-electron chi connectivity index (χ1n) is 5.98. The number of aromatic amines is 1. The van der Waals surface area contributed by atoms with Gasteiger partial charge in [0.15, 0.2) is 0 Å². The van der Waals surface area contributed by atoms with E-state index in [9.17, 15) is 9.59 Å². The van der Waals surface area contributed by atoms with Gasteiger partial charge < -0.3 is 15.2 Å². The number of hydrogen-bond donors (Lipinski definition) is 2. The van der Waals surface area contributed by atoms with Gasteiger partial charge in [-0.15, -0.1) is 11.6 Å². The fourth-order valence-corrected chi connectivity index (χ4v) is 2.29. The van der Waals surface area contributed by atoms with Crippen LogP contribution in [0.1, 0.15) is 12.8 Å². The van der Waals surface area contributed by atoms with Crippen molar-refractivity contribution in [3.8, 4) is 0 Å². The molecule has 2 rings (SSSR count). The zero-order chi connectivity index (χ0) is 13.0. The summed E-state index contributed by atoms with van der Waals surface area (Å²) in [5, 5.41) is 2.83. The lowest BCUT2D eigenvalue weighted by atomic mass is 9.96. The Labute approximate surface area is 110 Å². The van der Waals surface area contributed by atoms with Gasteiger partial charge in [0.1, 0.15) is 11.7 Å². The van der Waals surface area contributed by atoms with E-state index in [1.165, 1.54) is 0 Å². The zero-order valence-electron chi connectivity index (χ0n) is 9.99. The fraction of sp³-hybridized carbons (Fsp3) is 0.500. The quantitative estimate of drug-likeness (QED) is 0.816. The number of carbonyl (C=O) groups excluding carboxylic acids is 2. The van der Waals surface area contributed by atoms with E-state index < -0.39 is 0 Å². The minimum absolute atomic E-state index is 0.00965. The van der Waals surface area contributed by atoms with Gasteiger partial charge in [0, 0.05) is 25.2 Å². The second-order valence-electron chi connectivity index (χ2n) is 4.36. The molecule has 1 aliphatic rings. The number of nitrogens with one attached hydrogen (secondary N) is 2. The number of piperidine rings is 1. The van der Waals surface area contributed by atoms with E-state index in [1.807, 2.05) is 12.1 Å². The molecule has 18 heavy (non-hydrogen) atoms. The van der Waals surface area contributed by atoms with Gasteiger partial charge in [0.25, 0.3) is 0 Å². The Morgan fingerprint density at radius 1 is 1.44 bits per heavy atom. The molecule has 2 amide bonds. The van der Waals surface area contributed by atoms with Crippen molar-refractivity contribution in [1.29, 1.82) is 0 Å². The monoisotopic (exact) mass is 269 g/mol. The van der Waals surface area contributed by atoms with Crippen molar-refractivity contribution >= 4 is 29.2 Å². The van der Waals surface area contributed by atoms with Crippen LogP contribution in [-0.4, -0.2) is 40.7 Å². The van der Waals surface area contributed by atoms with Gasteiger partial charge in [-0.3, -0.25) is 9.59 Å². The summed E-state index contributed by atoms with van der Waals surface area (Å²) >= 11 is 5.50. The molecule has 1 aromatic rings. The lowest BCUT2D eigenvalue weighted by molar-refractivity contribution is -0.132. The average molecular weight is 270 g/mol. The molecule has 0 unspecified atom stereocenters. The summed E-state index contributed by atoms with van der Waals surface area (Å²) in [4.78, 5) is 28.0. The Bertz CT molecular complexity index is 411. The lowest BCUT2D eigenvalue weighted by Gasteiger charge is -2.30. The number of alkyl halides is 1. The third-order valence-corrected chi connectivity index (χ3v) is 3.42. The Kier molecular flexibility index (Phi) is 4.25. The van der Waals surface area contributed by atoms with Gasteiger partial charge in [-0.1, -0.05) is 0 Å². The topological polar surface area (TPSA) is 65.2 Å². The summed E-state index contributed by atoms with van der Waals surface area (Å²) < 4.78 is 0.